The summed E-state index contributed by atoms with van der Waals surface area (Å²) in [5.41, 5.74) is 2.55. The molecule has 1 unspecified atom stereocenters. The molecule has 1 saturated carbocycles. The van der Waals surface area contributed by atoms with Crippen LogP contribution in [0.15, 0.2) is 24.3 Å². The van der Waals surface area contributed by atoms with Gasteiger partial charge in [0.2, 0.25) is 0 Å². The van der Waals surface area contributed by atoms with Crippen LogP contribution in [0.3, 0.4) is 0 Å². The zero-order valence-electron chi connectivity index (χ0n) is 13.4. The molecule has 1 aromatic rings. The largest absolute Gasteiger partial charge is 0.480 e. The van der Waals surface area contributed by atoms with Crippen LogP contribution in [-0.4, -0.2) is 28.6 Å². The average Bonchev–Trinajstić information content (AvgIpc) is 2.98. The minimum atomic E-state index is -0.729. The topological polar surface area (TPSA) is 40.5 Å². The van der Waals surface area contributed by atoms with Crippen molar-refractivity contribution >= 4 is 5.97 Å². The molecule has 1 aromatic carbocycles. The molecule has 3 heteroatoms. The maximum atomic E-state index is 11.2. The van der Waals surface area contributed by atoms with Gasteiger partial charge in [-0.2, -0.15) is 0 Å². The lowest BCUT2D eigenvalue weighted by molar-refractivity contribution is -0.139. The number of aliphatic carboxylic acids is 1. The number of rotatable bonds is 6. The van der Waals surface area contributed by atoms with E-state index in [1.165, 1.54) is 24.0 Å². The summed E-state index contributed by atoms with van der Waals surface area (Å²) in [6, 6.07) is 9.23. The van der Waals surface area contributed by atoms with Gasteiger partial charge in [0.15, 0.2) is 0 Å². The Bertz CT molecular complexity index is 461. The summed E-state index contributed by atoms with van der Waals surface area (Å²) in [5, 5.41) is 9.22. The quantitative estimate of drug-likeness (QED) is 0.853. The molecule has 0 bridgehead atoms. The van der Waals surface area contributed by atoms with Gasteiger partial charge in [-0.15, -0.1) is 0 Å². The Morgan fingerprint density at radius 2 is 1.67 bits per heavy atom. The van der Waals surface area contributed by atoms with E-state index in [0.29, 0.717) is 12.0 Å². The van der Waals surface area contributed by atoms with Crippen LogP contribution in [0.4, 0.5) is 0 Å². The second-order valence-electron chi connectivity index (χ2n) is 6.50. The molecule has 1 aliphatic carbocycles. The molecule has 2 rings (SSSR count). The molecule has 1 N–H and O–H groups in total. The minimum absolute atomic E-state index is 0.137. The van der Waals surface area contributed by atoms with Crippen LogP contribution in [0, 0.1) is 0 Å². The third kappa shape index (κ3) is 4.07. The van der Waals surface area contributed by atoms with Crippen LogP contribution >= 0.6 is 0 Å². The van der Waals surface area contributed by atoms with Crippen LogP contribution in [0.25, 0.3) is 0 Å². The standard InChI is InChI=1S/C18H27NO2/c1-13(2)15-8-10-16(11-9-15)14(3)19(12-18(20)21)17-6-4-5-7-17/h8-11,13-14,17H,4-7,12H2,1-3H3,(H,20,21). The van der Waals surface area contributed by atoms with E-state index < -0.39 is 5.97 Å². The average molecular weight is 289 g/mol. The molecule has 0 aromatic heterocycles. The Hall–Kier alpha value is -1.35. The fourth-order valence-corrected chi connectivity index (χ4v) is 3.33. The molecule has 1 atom stereocenters. The fourth-order valence-electron chi connectivity index (χ4n) is 3.33. The fraction of sp³-hybridized carbons (Fsp3) is 0.611. The van der Waals surface area contributed by atoms with Crippen molar-refractivity contribution in [3.8, 4) is 0 Å². The summed E-state index contributed by atoms with van der Waals surface area (Å²) in [6.07, 6.45) is 4.70. The first-order valence-electron chi connectivity index (χ1n) is 8.06. The first kappa shape index (κ1) is 16.0. The Morgan fingerprint density at radius 1 is 1.14 bits per heavy atom. The molecule has 0 saturated heterocycles. The van der Waals surface area contributed by atoms with E-state index in [0.717, 1.165) is 12.8 Å². The maximum Gasteiger partial charge on any atom is 0.317 e. The molecule has 0 amide bonds. The number of carbonyl (C=O) groups is 1. The van der Waals surface area contributed by atoms with Gasteiger partial charge in [-0.3, -0.25) is 9.69 Å². The monoisotopic (exact) mass is 289 g/mol. The third-order valence-electron chi connectivity index (χ3n) is 4.69. The molecule has 21 heavy (non-hydrogen) atoms. The van der Waals surface area contributed by atoms with Crippen molar-refractivity contribution in [2.45, 2.75) is 64.5 Å². The first-order valence-corrected chi connectivity index (χ1v) is 8.06. The second-order valence-corrected chi connectivity index (χ2v) is 6.50. The molecule has 0 radical (unpaired) electrons. The number of carboxylic acids is 1. The van der Waals surface area contributed by atoms with Gasteiger partial charge < -0.3 is 5.11 Å². The SMILES string of the molecule is CC(C)c1ccc(C(C)N(CC(=O)O)C2CCCC2)cc1. The van der Waals surface area contributed by atoms with Gasteiger partial charge in [0, 0.05) is 12.1 Å². The van der Waals surface area contributed by atoms with Crippen molar-refractivity contribution < 1.29 is 9.90 Å². The van der Waals surface area contributed by atoms with Crippen LogP contribution in [0.1, 0.15) is 69.5 Å². The van der Waals surface area contributed by atoms with Gasteiger partial charge in [0.05, 0.1) is 6.54 Å². The first-order chi connectivity index (χ1) is 9.99. The predicted octanol–water partition coefficient (Wildman–Crippen LogP) is 4.20. The Balaban J connectivity index is 2.16. The second kappa shape index (κ2) is 7.08. The van der Waals surface area contributed by atoms with E-state index >= 15 is 0 Å². The lowest BCUT2D eigenvalue weighted by Gasteiger charge is -2.33. The van der Waals surface area contributed by atoms with Crippen molar-refractivity contribution in [2.75, 3.05) is 6.54 Å². The molecule has 1 fully saturated rings. The highest BCUT2D eigenvalue weighted by atomic mass is 16.4. The highest BCUT2D eigenvalue weighted by Crippen LogP contribution is 2.31. The normalized spacial score (nSPS) is 17.6. The zero-order valence-corrected chi connectivity index (χ0v) is 13.4. The highest BCUT2D eigenvalue weighted by molar-refractivity contribution is 5.69. The van der Waals surface area contributed by atoms with Crippen LogP contribution < -0.4 is 0 Å². The molecule has 3 nitrogen and oxygen atoms in total. The van der Waals surface area contributed by atoms with Gasteiger partial charge in [-0.05, 0) is 36.8 Å². The Morgan fingerprint density at radius 3 is 2.14 bits per heavy atom. The maximum absolute atomic E-state index is 11.2. The summed E-state index contributed by atoms with van der Waals surface area (Å²) < 4.78 is 0. The highest BCUT2D eigenvalue weighted by Gasteiger charge is 2.28. The summed E-state index contributed by atoms with van der Waals surface area (Å²) in [4.78, 5) is 13.4. The molecule has 0 spiro atoms. The van der Waals surface area contributed by atoms with Crippen molar-refractivity contribution in [2.24, 2.45) is 0 Å². The van der Waals surface area contributed by atoms with Crippen molar-refractivity contribution in [3.63, 3.8) is 0 Å². The number of benzene rings is 1. The van der Waals surface area contributed by atoms with Crippen LogP contribution in [0.5, 0.6) is 0 Å². The van der Waals surface area contributed by atoms with E-state index in [9.17, 15) is 9.90 Å². The molecule has 1 aliphatic rings. The Kier molecular flexibility index (Phi) is 5.40. The van der Waals surface area contributed by atoms with Gasteiger partial charge in [0.25, 0.3) is 0 Å². The van der Waals surface area contributed by atoms with Crippen molar-refractivity contribution in [1.29, 1.82) is 0 Å². The summed E-state index contributed by atoms with van der Waals surface area (Å²) in [7, 11) is 0. The zero-order chi connectivity index (χ0) is 15.4. The number of carboxylic acid groups (broad SMARTS) is 1. The van der Waals surface area contributed by atoms with Crippen LogP contribution in [-0.2, 0) is 4.79 Å². The summed E-state index contributed by atoms with van der Waals surface area (Å²) in [5.74, 6) is -0.202. The third-order valence-corrected chi connectivity index (χ3v) is 4.69. The van der Waals surface area contributed by atoms with Crippen LogP contribution in [0.2, 0.25) is 0 Å². The summed E-state index contributed by atoms with van der Waals surface area (Å²) >= 11 is 0. The van der Waals surface area contributed by atoms with Gasteiger partial charge in [-0.25, -0.2) is 0 Å². The van der Waals surface area contributed by atoms with E-state index in [2.05, 4.69) is 49.9 Å². The lowest BCUT2D eigenvalue weighted by Crippen LogP contribution is -2.39. The van der Waals surface area contributed by atoms with E-state index in [1.54, 1.807) is 0 Å². The van der Waals surface area contributed by atoms with Gasteiger partial charge in [0.1, 0.15) is 0 Å². The van der Waals surface area contributed by atoms with Crippen molar-refractivity contribution in [1.82, 2.24) is 4.90 Å². The predicted molar refractivity (Wildman–Crippen MR) is 85.5 cm³/mol. The Labute approximate surface area is 128 Å². The number of hydrogen-bond acceptors (Lipinski definition) is 2. The molecular weight excluding hydrogens is 262 g/mol. The van der Waals surface area contributed by atoms with Gasteiger partial charge in [-0.1, -0.05) is 51.0 Å². The molecule has 0 aliphatic heterocycles. The van der Waals surface area contributed by atoms with E-state index in [1.807, 2.05) is 0 Å². The molecule has 0 heterocycles. The molecule has 116 valence electrons. The number of nitrogens with zero attached hydrogens (tertiary/aromatic N) is 1. The smallest absolute Gasteiger partial charge is 0.317 e. The molecular formula is C18H27NO2. The van der Waals surface area contributed by atoms with Crippen molar-refractivity contribution in [3.05, 3.63) is 35.4 Å². The number of hydrogen-bond donors (Lipinski definition) is 1. The minimum Gasteiger partial charge on any atom is -0.480 e. The summed E-state index contributed by atoms with van der Waals surface area (Å²) in [6.45, 7) is 6.64. The van der Waals surface area contributed by atoms with Gasteiger partial charge >= 0.3 is 5.97 Å². The van der Waals surface area contributed by atoms with E-state index in [-0.39, 0.29) is 12.6 Å². The van der Waals surface area contributed by atoms with E-state index in [4.69, 9.17) is 0 Å². The lowest BCUT2D eigenvalue weighted by atomic mass is 9.98.